The first-order valence-corrected chi connectivity index (χ1v) is 5.78. The highest BCUT2D eigenvalue weighted by Crippen LogP contribution is 2.22. The molecule has 1 heterocycles. The topological polar surface area (TPSA) is 68.0 Å². The van der Waals surface area contributed by atoms with E-state index in [-0.39, 0.29) is 11.2 Å². The number of nitrogens with zero attached hydrogens (tertiary/aromatic N) is 1. The van der Waals surface area contributed by atoms with Gasteiger partial charge in [-0.3, -0.25) is 4.79 Å². The summed E-state index contributed by atoms with van der Waals surface area (Å²) in [5.41, 5.74) is 5.47. The van der Waals surface area contributed by atoms with Crippen LogP contribution in [0.3, 0.4) is 0 Å². The Hall–Kier alpha value is -1.49. The number of pyridine rings is 1. The third-order valence-corrected chi connectivity index (χ3v) is 2.94. The summed E-state index contributed by atoms with van der Waals surface area (Å²) >= 11 is 1.45. The largest absolute Gasteiger partial charge is 0.384 e. The first-order valence-electron chi connectivity index (χ1n) is 4.90. The van der Waals surface area contributed by atoms with Crippen LogP contribution in [0.15, 0.2) is 35.9 Å². The Balaban J connectivity index is 2.50. The molecule has 1 aromatic rings. The van der Waals surface area contributed by atoms with Crippen LogP contribution in [-0.2, 0) is 4.79 Å². The molecule has 0 spiro atoms. The second-order valence-corrected chi connectivity index (χ2v) is 4.63. The molecule has 0 aliphatic carbocycles. The van der Waals surface area contributed by atoms with Gasteiger partial charge >= 0.3 is 0 Å². The Labute approximate surface area is 99.3 Å². The fourth-order valence-corrected chi connectivity index (χ4v) is 1.89. The number of amides is 1. The van der Waals surface area contributed by atoms with E-state index in [1.807, 2.05) is 13.0 Å². The molecule has 0 aliphatic heterocycles. The summed E-state index contributed by atoms with van der Waals surface area (Å²) in [4.78, 5) is 16.4. The van der Waals surface area contributed by atoms with Gasteiger partial charge in [0.15, 0.2) is 0 Å². The van der Waals surface area contributed by atoms with E-state index in [0.717, 1.165) is 4.90 Å². The van der Waals surface area contributed by atoms with Gasteiger partial charge in [-0.05, 0) is 19.1 Å². The second kappa shape index (κ2) is 6.17. The first kappa shape index (κ1) is 12.6. The number of thioether (sulfide) groups is 1. The zero-order valence-electron chi connectivity index (χ0n) is 9.14. The zero-order chi connectivity index (χ0) is 12.0. The molecular weight excluding hydrogens is 222 g/mol. The Bertz CT molecular complexity index is 364. The second-order valence-electron chi connectivity index (χ2n) is 3.21. The molecule has 1 amide bonds. The number of nitrogens with one attached hydrogen (secondary N) is 1. The summed E-state index contributed by atoms with van der Waals surface area (Å²) < 4.78 is 0. The van der Waals surface area contributed by atoms with Crippen LogP contribution in [0.1, 0.15) is 6.92 Å². The van der Waals surface area contributed by atoms with E-state index >= 15 is 0 Å². The molecule has 4 nitrogen and oxygen atoms in total. The molecule has 0 aliphatic rings. The van der Waals surface area contributed by atoms with Gasteiger partial charge in [-0.2, -0.15) is 0 Å². The van der Waals surface area contributed by atoms with Crippen LogP contribution in [0.25, 0.3) is 0 Å². The van der Waals surface area contributed by atoms with Crippen molar-refractivity contribution in [1.29, 1.82) is 0 Å². The molecule has 5 heteroatoms. The van der Waals surface area contributed by atoms with Crippen molar-refractivity contribution in [2.24, 2.45) is 0 Å². The van der Waals surface area contributed by atoms with Crippen molar-refractivity contribution in [3.63, 3.8) is 0 Å². The molecule has 0 radical (unpaired) electrons. The van der Waals surface area contributed by atoms with Crippen molar-refractivity contribution >= 4 is 23.5 Å². The van der Waals surface area contributed by atoms with E-state index in [0.29, 0.717) is 12.4 Å². The van der Waals surface area contributed by atoms with Crippen molar-refractivity contribution in [1.82, 2.24) is 10.3 Å². The minimum atomic E-state index is -0.162. The third kappa shape index (κ3) is 3.94. The number of rotatable bonds is 5. The predicted molar refractivity (Wildman–Crippen MR) is 67.2 cm³/mol. The maximum atomic E-state index is 11.5. The van der Waals surface area contributed by atoms with E-state index in [4.69, 9.17) is 5.73 Å². The average Bonchev–Trinajstić information content (AvgIpc) is 2.29. The monoisotopic (exact) mass is 237 g/mol. The quantitative estimate of drug-likeness (QED) is 0.601. The fraction of sp³-hybridized carbons (Fsp3) is 0.273. The van der Waals surface area contributed by atoms with Crippen LogP contribution in [0.5, 0.6) is 0 Å². The molecule has 16 heavy (non-hydrogen) atoms. The molecule has 3 N–H and O–H groups in total. The van der Waals surface area contributed by atoms with E-state index in [1.165, 1.54) is 11.8 Å². The van der Waals surface area contributed by atoms with Crippen LogP contribution >= 0.6 is 11.8 Å². The fourth-order valence-electron chi connectivity index (χ4n) is 1.04. The first-order chi connectivity index (χ1) is 7.63. The summed E-state index contributed by atoms with van der Waals surface area (Å²) in [6.07, 6.45) is 3.32. The molecular formula is C11H15N3OS. The molecule has 0 aromatic carbocycles. The van der Waals surface area contributed by atoms with Crippen LogP contribution in [0, 0.1) is 0 Å². The number of hydrogen-bond acceptors (Lipinski definition) is 4. The average molecular weight is 237 g/mol. The van der Waals surface area contributed by atoms with Crippen molar-refractivity contribution < 1.29 is 4.79 Å². The lowest BCUT2D eigenvalue weighted by atomic mass is 10.4. The predicted octanol–water partition coefficient (Wildman–Crippen LogP) is 1.45. The minimum absolute atomic E-state index is 0.0123. The van der Waals surface area contributed by atoms with Crippen molar-refractivity contribution in [2.75, 3.05) is 12.3 Å². The summed E-state index contributed by atoms with van der Waals surface area (Å²) in [6.45, 7) is 5.88. The number of hydrogen-bond donors (Lipinski definition) is 2. The lowest BCUT2D eigenvalue weighted by Gasteiger charge is -2.10. The van der Waals surface area contributed by atoms with Gasteiger partial charge < -0.3 is 11.1 Å². The molecule has 86 valence electrons. The third-order valence-electron chi connectivity index (χ3n) is 1.86. The van der Waals surface area contributed by atoms with Gasteiger partial charge in [0.2, 0.25) is 5.91 Å². The van der Waals surface area contributed by atoms with Crippen molar-refractivity contribution in [3.8, 4) is 0 Å². The number of nitrogen functional groups attached to an aromatic ring is 1. The van der Waals surface area contributed by atoms with Gasteiger partial charge in [0.1, 0.15) is 5.82 Å². The molecule has 0 saturated carbocycles. The Kier molecular flexibility index (Phi) is 4.85. The normalized spacial score (nSPS) is 11.8. The molecule has 1 aromatic heterocycles. The molecule has 0 bridgehead atoms. The Morgan fingerprint density at radius 3 is 3.06 bits per heavy atom. The van der Waals surface area contributed by atoms with Gasteiger partial charge in [-0.1, -0.05) is 6.08 Å². The van der Waals surface area contributed by atoms with Gasteiger partial charge in [-0.15, -0.1) is 18.3 Å². The molecule has 1 atom stereocenters. The van der Waals surface area contributed by atoms with E-state index < -0.39 is 0 Å². The molecule has 0 fully saturated rings. The standard InChI is InChI=1S/C11H15N3OS/c1-3-6-13-11(15)8(2)16-9-4-5-10(12)14-7-9/h3-5,7-8H,1,6H2,2H3,(H2,12,14)(H,13,15). The van der Waals surface area contributed by atoms with E-state index in [9.17, 15) is 4.79 Å². The highest BCUT2D eigenvalue weighted by atomic mass is 32.2. The van der Waals surface area contributed by atoms with Crippen molar-refractivity contribution in [3.05, 3.63) is 31.0 Å². The number of carbonyl (C=O) groups is 1. The van der Waals surface area contributed by atoms with E-state index in [1.54, 1.807) is 18.3 Å². The molecule has 1 rings (SSSR count). The van der Waals surface area contributed by atoms with Gasteiger partial charge in [0.25, 0.3) is 0 Å². The number of anilines is 1. The summed E-state index contributed by atoms with van der Waals surface area (Å²) in [5, 5.41) is 2.58. The van der Waals surface area contributed by atoms with Crippen LogP contribution < -0.4 is 11.1 Å². The number of nitrogens with two attached hydrogens (primary N) is 1. The van der Waals surface area contributed by atoms with E-state index in [2.05, 4.69) is 16.9 Å². The molecule has 1 unspecified atom stereocenters. The van der Waals surface area contributed by atoms with Crippen LogP contribution in [0.2, 0.25) is 0 Å². The lowest BCUT2D eigenvalue weighted by molar-refractivity contribution is -0.120. The van der Waals surface area contributed by atoms with Gasteiger partial charge in [0, 0.05) is 17.6 Å². The highest BCUT2D eigenvalue weighted by Gasteiger charge is 2.13. The SMILES string of the molecule is C=CCNC(=O)C(C)Sc1ccc(N)nc1. The number of carbonyl (C=O) groups excluding carboxylic acids is 1. The minimum Gasteiger partial charge on any atom is -0.384 e. The van der Waals surface area contributed by atoms with Gasteiger partial charge in [0.05, 0.1) is 5.25 Å². The summed E-state index contributed by atoms with van der Waals surface area (Å²) in [7, 11) is 0. The summed E-state index contributed by atoms with van der Waals surface area (Å²) in [6, 6.07) is 3.57. The van der Waals surface area contributed by atoms with Crippen LogP contribution in [0.4, 0.5) is 5.82 Å². The molecule has 0 saturated heterocycles. The summed E-state index contributed by atoms with van der Waals surface area (Å²) in [5.74, 6) is 0.467. The van der Waals surface area contributed by atoms with Gasteiger partial charge in [-0.25, -0.2) is 4.98 Å². The van der Waals surface area contributed by atoms with Crippen LogP contribution in [-0.4, -0.2) is 22.7 Å². The number of aromatic nitrogens is 1. The van der Waals surface area contributed by atoms with Crippen molar-refractivity contribution in [2.45, 2.75) is 17.1 Å². The maximum absolute atomic E-state index is 11.5. The highest BCUT2D eigenvalue weighted by molar-refractivity contribution is 8.00. The maximum Gasteiger partial charge on any atom is 0.233 e. The smallest absolute Gasteiger partial charge is 0.233 e. The Morgan fingerprint density at radius 1 is 1.75 bits per heavy atom. The zero-order valence-corrected chi connectivity index (χ0v) is 9.96. The Morgan fingerprint density at radius 2 is 2.50 bits per heavy atom. The lowest BCUT2D eigenvalue weighted by Crippen LogP contribution is -2.30.